The highest BCUT2D eigenvalue weighted by molar-refractivity contribution is 6.31. The molecule has 3 nitrogen and oxygen atoms in total. The third-order valence-electron chi connectivity index (χ3n) is 4.05. The fourth-order valence-corrected chi connectivity index (χ4v) is 3.14. The smallest absolute Gasteiger partial charge is 0.143 e. The van der Waals surface area contributed by atoms with Crippen molar-refractivity contribution in [2.45, 2.75) is 32.9 Å². The number of halogens is 1. The molecule has 120 valence electrons. The van der Waals surface area contributed by atoms with Crippen molar-refractivity contribution in [3.8, 4) is 5.75 Å². The van der Waals surface area contributed by atoms with Crippen LogP contribution in [-0.2, 0) is 12.1 Å². The molecule has 0 unspecified atom stereocenters. The molecular weight excluding hydrogens is 308 g/mol. The lowest BCUT2D eigenvalue weighted by Crippen LogP contribution is -2.28. The minimum absolute atomic E-state index is 0.475. The average molecular weight is 329 g/mol. The average Bonchev–Trinajstić information content (AvgIpc) is 2.88. The van der Waals surface area contributed by atoms with Crippen molar-refractivity contribution in [3.63, 3.8) is 0 Å². The summed E-state index contributed by atoms with van der Waals surface area (Å²) in [5, 5.41) is 1.87. The quantitative estimate of drug-likeness (QED) is 0.668. The van der Waals surface area contributed by atoms with Crippen LogP contribution in [0.1, 0.15) is 26.5 Å². The fraction of sp³-hybridized carbons (Fsp3) is 0.263. The Balaban J connectivity index is 2.04. The molecular formula is C19H21ClN2O. The topological polar surface area (TPSA) is 40.2 Å². The zero-order valence-corrected chi connectivity index (χ0v) is 14.4. The molecule has 0 radical (unpaired) electrons. The second-order valence-electron chi connectivity index (χ2n) is 6.16. The van der Waals surface area contributed by atoms with Gasteiger partial charge in [-0.25, -0.2) is 0 Å². The highest BCUT2D eigenvalue weighted by Crippen LogP contribution is 2.33. The first-order valence-electron chi connectivity index (χ1n) is 7.74. The maximum absolute atomic E-state index is 6.24. The predicted molar refractivity (Wildman–Crippen MR) is 97.1 cm³/mol. The summed E-state index contributed by atoms with van der Waals surface area (Å²) >= 11 is 6.13. The van der Waals surface area contributed by atoms with Gasteiger partial charge in [-0.1, -0.05) is 11.6 Å². The van der Waals surface area contributed by atoms with Gasteiger partial charge in [-0.3, -0.25) is 0 Å². The summed E-state index contributed by atoms with van der Waals surface area (Å²) in [6.07, 6.45) is 0. The molecule has 0 aliphatic heterocycles. The van der Waals surface area contributed by atoms with Crippen LogP contribution in [0.2, 0.25) is 5.02 Å². The standard InChI is InChI=1S/C19H21ClN2O/c1-4-22-17-10-5-14(20)11-13(17)12-18(22)19(2,3)23-16-8-6-15(21)7-9-16/h5-12H,4,21H2,1-3H3. The number of nitrogens with zero attached hydrogens (tertiary/aromatic N) is 1. The molecule has 0 amide bonds. The first-order chi connectivity index (χ1) is 10.9. The minimum atomic E-state index is -0.475. The molecule has 0 aliphatic carbocycles. The summed E-state index contributed by atoms with van der Waals surface area (Å²) in [6.45, 7) is 7.16. The van der Waals surface area contributed by atoms with Crippen molar-refractivity contribution in [1.82, 2.24) is 4.57 Å². The van der Waals surface area contributed by atoms with Gasteiger partial charge in [0.2, 0.25) is 0 Å². The number of rotatable bonds is 4. The molecule has 4 heteroatoms. The van der Waals surface area contributed by atoms with Crippen molar-refractivity contribution in [2.75, 3.05) is 5.73 Å². The van der Waals surface area contributed by atoms with Crippen LogP contribution in [0.3, 0.4) is 0 Å². The maximum Gasteiger partial charge on any atom is 0.143 e. The zero-order valence-electron chi connectivity index (χ0n) is 13.6. The molecule has 0 aliphatic rings. The summed E-state index contributed by atoms with van der Waals surface area (Å²) in [4.78, 5) is 0. The van der Waals surface area contributed by atoms with Crippen LogP contribution in [0.15, 0.2) is 48.5 Å². The Hall–Kier alpha value is -2.13. The van der Waals surface area contributed by atoms with Crippen LogP contribution in [0.25, 0.3) is 10.9 Å². The number of hydrogen-bond acceptors (Lipinski definition) is 2. The Kier molecular flexibility index (Phi) is 3.99. The normalized spacial score (nSPS) is 11.8. The number of ether oxygens (including phenoxy) is 1. The molecule has 1 aromatic heterocycles. The van der Waals surface area contributed by atoms with Crippen molar-refractivity contribution in [2.24, 2.45) is 0 Å². The van der Waals surface area contributed by atoms with Crippen LogP contribution in [0.5, 0.6) is 5.75 Å². The van der Waals surface area contributed by atoms with E-state index in [0.29, 0.717) is 0 Å². The molecule has 3 rings (SSSR count). The van der Waals surface area contributed by atoms with Gasteiger partial charge >= 0.3 is 0 Å². The van der Waals surface area contributed by atoms with E-state index in [9.17, 15) is 0 Å². The number of aromatic nitrogens is 1. The van der Waals surface area contributed by atoms with Crippen LogP contribution in [-0.4, -0.2) is 4.57 Å². The number of hydrogen-bond donors (Lipinski definition) is 1. The maximum atomic E-state index is 6.24. The summed E-state index contributed by atoms with van der Waals surface area (Å²) < 4.78 is 8.50. The fourth-order valence-electron chi connectivity index (χ4n) is 2.96. The number of nitrogen functional groups attached to an aromatic ring is 1. The van der Waals surface area contributed by atoms with Gasteiger partial charge in [0.25, 0.3) is 0 Å². The molecule has 0 spiro atoms. The summed E-state index contributed by atoms with van der Waals surface area (Å²) in [7, 11) is 0. The highest BCUT2D eigenvalue weighted by atomic mass is 35.5. The van der Waals surface area contributed by atoms with E-state index in [-0.39, 0.29) is 0 Å². The summed E-state index contributed by atoms with van der Waals surface area (Å²) in [6, 6.07) is 15.6. The molecule has 2 N–H and O–H groups in total. The van der Waals surface area contributed by atoms with Crippen molar-refractivity contribution >= 4 is 28.2 Å². The number of benzene rings is 2. The monoisotopic (exact) mass is 328 g/mol. The van der Waals surface area contributed by atoms with E-state index >= 15 is 0 Å². The van der Waals surface area contributed by atoms with Gasteiger partial charge in [0, 0.05) is 28.2 Å². The van der Waals surface area contributed by atoms with Gasteiger partial charge in [-0.15, -0.1) is 0 Å². The number of aryl methyl sites for hydroxylation is 1. The third kappa shape index (κ3) is 3.02. The van der Waals surface area contributed by atoms with Crippen LogP contribution < -0.4 is 10.5 Å². The lowest BCUT2D eigenvalue weighted by atomic mass is 10.0. The van der Waals surface area contributed by atoms with E-state index in [2.05, 4.69) is 37.5 Å². The first-order valence-corrected chi connectivity index (χ1v) is 8.12. The summed E-state index contributed by atoms with van der Waals surface area (Å²) in [5.74, 6) is 0.801. The molecule has 23 heavy (non-hydrogen) atoms. The minimum Gasteiger partial charge on any atom is -0.482 e. The van der Waals surface area contributed by atoms with Crippen molar-refractivity contribution in [1.29, 1.82) is 0 Å². The van der Waals surface area contributed by atoms with Crippen LogP contribution in [0, 0.1) is 0 Å². The SMILES string of the molecule is CCn1c(C(C)(C)Oc2ccc(N)cc2)cc2cc(Cl)ccc21. The Morgan fingerprint density at radius 2 is 1.78 bits per heavy atom. The molecule has 1 heterocycles. The van der Waals surface area contributed by atoms with Gasteiger partial charge in [-0.2, -0.15) is 0 Å². The van der Waals surface area contributed by atoms with Gasteiger partial charge in [-0.05, 0) is 69.3 Å². The lowest BCUT2D eigenvalue weighted by molar-refractivity contribution is 0.100. The van der Waals surface area contributed by atoms with Gasteiger partial charge in [0.05, 0.1) is 5.69 Å². The van der Waals surface area contributed by atoms with Crippen molar-refractivity contribution < 1.29 is 4.74 Å². The Labute approximate surface area is 141 Å². The number of anilines is 1. The number of nitrogens with two attached hydrogens (primary N) is 1. The molecule has 2 aromatic carbocycles. The predicted octanol–water partition coefficient (Wildman–Crippen LogP) is 5.21. The molecule has 0 bridgehead atoms. The summed E-state index contributed by atoms with van der Waals surface area (Å²) in [5.41, 5.74) is 8.28. The molecule has 3 aromatic rings. The third-order valence-corrected chi connectivity index (χ3v) is 4.28. The van der Waals surface area contributed by atoms with E-state index in [0.717, 1.165) is 34.1 Å². The van der Waals surface area contributed by atoms with Gasteiger partial charge in [0.1, 0.15) is 11.4 Å². The second kappa shape index (κ2) is 5.82. The Morgan fingerprint density at radius 1 is 1.09 bits per heavy atom. The van der Waals surface area contributed by atoms with E-state index in [1.165, 1.54) is 5.52 Å². The molecule has 0 atom stereocenters. The van der Waals surface area contributed by atoms with Gasteiger partial charge < -0.3 is 15.0 Å². The Bertz CT molecular complexity index is 834. The molecule has 0 saturated carbocycles. The van der Waals surface area contributed by atoms with Gasteiger partial charge in [0.15, 0.2) is 0 Å². The largest absolute Gasteiger partial charge is 0.482 e. The number of fused-ring (bicyclic) bond motifs is 1. The van der Waals surface area contributed by atoms with Crippen molar-refractivity contribution in [3.05, 3.63) is 59.2 Å². The van der Waals surface area contributed by atoms with Crippen LogP contribution >= 0.6 is 11.6 Å². The van der Waals surface area contributed by atoms with E-state index < -0.39 is 5.60 Å². The van der Waals surface area contributed by atoms with E-state index in [4.69, 9.17) is 22.1 Å². The zero-order chi connectivity index (χ0) is 16.6. The lowest BCUT2D eigenvalue weighted by Gasteiger charge is -2.28. The van der Waals surface area contributed by atoms with Crippen LogP contribution in [0.4, 0.5) is 5.69 Å². The highest BCUT2D eigenvalue weighted by Gasteiger charge is 2.27. The Morgan fingerprint density at radius 3 is 2.43 bits per heavy atom. The molecule has 0 fully saturated rings. The van der Waals surface area contributed by atoms with E-state index in [1.807, 2.05) is 36.4 Å². The molecule has 0 saturated heterocycles. The first kappa shape index (κ1) is 15.8. The second-order valence-corrected chi connectivity index (χ2v) is 6.59. The van der Waals surface area contributed by atoms with E-state index in [1.54, 1.807) is 0 Å².